The number of nitrogens with one attached hydrogen (secondary N) is 3. The molecule has 1 aliphatic heterocycles. The molecular formula is C11H19N3O2S. The normalized spacial score (nSPS) is 24.3. The molecule has 0 amide bonds. The van der Waals surface area contributed by atoms with E-state index in [9.17, 15) is 4.79 Å². The molecule has 0 spiro atoms. The van der Waals surface area contributed by atoms with E-state index in [1.54, 1.807) is 0 Å². The van der Waals surface area contributed by atoms with E-state index < -0.39 is 0 Å². The molecule has 2 atom stereocenters. The van der Waals surface area contributed by atoms with Gasteiger partial charge < -0.3 is 20.4 Å². The maximum absolute atomic E-state index is 11.0. The third-order valence-electron chi connectivity index (χ3n) is 2.96. The van der Waals surface area contributed by atoms with Crippen LogP contribution in [-0.2, 0) is 11.3 Å². The molecule has 1 saturated heterocycles. The minimum absolute atomic E-state index is 0.0107. The van der Waals surface area contributed by atoms with Crippen molar-refractivity contribution in [3.8, 4) is 0 Å². The monoisotopic (exact) mass is 257 g/mol. The van der Waals surface area contributed by atoms with Gasteiger partial charge in [0.2, 0.25) is 0 Å². The Balaban J connectivity index is 1.72. The molecule has 0 bridgehead atoms. The molecule has 6 heteroatoms. The Kier molecular flexibility index (Phi) is 4.73. The van der Waals surface area contributed by atoms with Gasteiger partial charge in [-0.2, -0.15) is 0 Å². The summed E-state index contributed by atoms with van der Waals surface area (Å²) in [6.45, 7) is 6.32. The molecule has 2 unspecified atom stereocenters. The number of ether oxygens (including phenoxy) is 1. The Morgan fingerprint density at radius 2 is 2.47 bits per heavy atom. The first-order valence-corrected chi connectivity index (χ1v) is 6.86. The minimum atomic E-state index is 0.0107. The summed E-state index contributed by atoms with van der Waals surface area (Å²) in [6, 6.07) is 0.453. The maximum Gasteiger partial charge on any atom is 0.304 e. The van der Waals surface area contributed by atoms with Crippen molar-refractivity contribution < 1.29 is 4.74 Å². The van der Waals surface area contributed by atoms with Crippen LogP contribution in [0.15, 0.2) is 10.2 Å². The van der Waals surface area contributed by atoms with Crippen LogP contribution in [0.3, 0.4) is 0 Å². The van der Waals surface area contributed by atoms with E-state index in [-0.39, 0.29) is 4.87 Å². The first-order chi connectivity index (χ1) is 8.29. The highest BCUT2D eigenvalue weighted by atomic mass is 32.1. The Labute approximate surface area is 105 Å². The van der Waals surface area contributed by atoms with E-state index in [4.69, 9.17) is 4.74 Å². The largest absolute Gasteiger partial charge is 0.379 e. The number of aromatic amines is 1. The summed E-state index contributed by atoms with van der Waals surface area (Å²) in [4.78, 5) is 13.8. The Hall–Kier alpha value is -0.690. The van der Waals surface area contributed by atoms with Gasteiger partial charge in [-0.1, -0.05) is 18.3 Å². The van der Waals surface area contributed by atoms with Crippen molar-refractivity contribution >= 4 is 11.3 Å². The summed E-state index contributed by atoms with van der Waals surface area (Å²) < 4.78 is 5.47. The fraction of sp³-hybridized carbons (Fsp3) is 0.727. The van der Waals surface area contributed by atoms with E-state index in [2.05, 4.69) is 22.5 Å². The van der Waals surface area contributed by atoms with Crippen molar-refractivity contribution in [1.29, 1.82) is 0 Å². The average molecular weight is 257 g/mol. The molecule has 0 radical (unpaired) electrons. The molecule has 1 fully saturated rings. The summed E-state index contributed by atoms with van der Waals surface area (Å²) in [5, 5.41) is 8.65. The quantitative estimate of drug-likeness (QED) is 0.679. The molecule has 5 nitrogen and oxygen atoms in total. The molecule has 2 heterocycles. The van der Waals surface area contributed by atoms with Crippen molar-refractivity contribution in [3.63, 3.8) is 0 Å². The molecule has 1 aromatic heterocycles. The van der Waals surface area contributed by atoms with Crippen molar-refractivity contribution in [2.45, 2.75) is 19.5 Å². The zero-order valence-corrected chi connectivity index (χ0v) is 10.8. The first-order valence-electron chi connectivity index (χ1n) is 5.98. The lowest BCUT2D eigenvalue weighted by molar-refractivity contribution is 0.182. The first kappa shape index (κ1) is 12.8. The predicted molar refractivity (Wildman–Crippen MR) is 68.4 cm³/mol. The number of H-pyrrole nitrogens is 1. The SMILES string of the molecule is CCNC1COCC1CNCc1csc(=O)[nH]1. The van der Waals surface area contributed by atoms with Gasteiger partial charge in [0.25, 0.3) is 0 Å². The van der Waals surface area contributed by atoms with Crippen LogP contribution in [0, 0.1) is 5.92 Å². The number of hydrogen-bond acceptors (Lipinski definition) is 5. The lowest BCUT2D eigenvalue weighted by Gasteiger charge is -2.18. The average Bonchev–Trinajstić information content (AvgIpc) is 2.90. The summed E-state index contributed by atoms with van der Waals surface area (Å²) in [7, 11) is 0. The Morgan fingerprint density at radius 3 is 3.18 bits per heavy atom. The number of likely N-dealkylation sites (N-methyl/N-ethyl adjacent to an activating group) is 1. The molecule has 0 aliphatic carbocycles. The molecule has 96 valence electrons. The zero-order chi connectivity index (χ0) is 12.1. The minimum Gasteiger partial charge on any atom is -0.379 e. The van der Waals surface area contributed by atoms with E-state index in [1.165, 1.54) is 11.3 Å². The van der Waals surface area contributed by atoms with Gasteiger partial charge in [-0.15, -0.1) is 0 Å². The van der Waals surface area contributed by atoms with E-state index >= 15 is 0 Å². The molecular weight excluding hydrogens is 238 g/mol. The van der Waals surface area contributed by atoms with E-state index in [0.29, 0.717) is 18.5 Å². The highest BCUT2D eigenvalue weighted by Crippen LogP contribution is 2.12. The summed E-state index contributed by atoms with van der Waals surface area (Å²) in [5.41, 5.74) is 0.957. The van der Waals surface area contributed by atoms with Crippen LogP contribution >= 0.6 is 11.3 Å². The highest BCUT2D eigenvalue weighted by molar-refractivity contribution is 7.07. The van der Waals surface area contributed by atoms with Gasteiger partial charge in [0.15, 0.2) is 0 Å². The van der Waals surface area contributed by atoms with Crippen LogP contribution in [0.25, 0.3) is 0 Å². The van der Waals surface area contributed by atoms with Crippen LogP contribution < -0.4 is 15.5 Å². The van der Waals surface area contributed by atoms with Crippen LogP contribution in [0.2, 0.25) is 0 Å². The Morgan fingerprint density at radius 1 is 1.59 bits per heavy atom. The molecule has 0 saturated carbocycles. The predicted octanol–water partition coefficient (Wildman–Crippen LogP) is 0.150. The second-order valence-electron chi connectivity index (χ2n) is 4.27. The summed E-state index contributed by atoms with van der Waals surface area (Å²) in [6.07, 6.45) is 0. The molecule has 1 aliphatic rings. The fourth-order valence-electron chi connectivity index (χ4n) is 2.08. The van der Waals surface area contributed by atoms with Crippen molar-refractivity contribution in [2.75, 3.05) is 26.3 Å². The summed E-state index contributed by atoms with van der Waals surface area (Å²) in [5.74, 6) is 0.514. The van der Waals surface area contributed by atoms with Crippen molar-refractivity contribution in [3.05, 3.63) is 20.7 Å². The zero-order valence-electron chi connectivity index (χ0n) is 9.99. The third kappa shape index (κ3) is 3.64. The number of rotatable bonds is 6. The van der Waals surface area contributed by atoms with Gasteiger partial charge in [0.05, 0.1) is 13.2 Å². The topological polar surface area (TPSA) is 66.2 Å². The van der Waals surface area contributed by atoms with Gasteiger partial charge in [0, 0.05) is 36.1 Å². The van der Waals surface area contributed by atoms with Crippen LogP contribution in [0.1, 0.15) is 12.6 Å². The van der Waals surface area contributed by atoms with Gasteiger partial charge in [0.1, 0.15) is 0 Å². The van der Waals surface area contributed by atoms with Gasteiger partial charge in [-0.3, -0.25) is 4.79 Å². The third-order valence-corrected chi connectivity index (χ3v) is 3.68. The fourth-order valence-corrected chi connectivity index (χ4v) is 2.66. The Bertz CT molecular complexity index is 390. The second kappa shape index (κ2) is 6.30. The van der Waals surface area contributed by atoms with Crippen LogP contribution in [0.4, 0.5) is 0 Å². The summed E-state index contributed by atoms with van der Waals surface area (Å²) >= 11 is 1.21. The smallest absolute Gasteiger partial charge is 0.304 e. The highest BCUT2D eigenvalue weighted by Gasteiger charge is 2.26. The number of thiazole rings is 1. The second-order valence-corrected chi connectivity index (χ2v) is 5.11. The van der Waals surface area contributed by atoms with Crippen molar-refractivity contribution in [2.24, 2.45) is 5.92 Å². The number of aromatic nitrogens is 1. The van der Waals surface area contributed by atoms with Crippen LogP contribution in [0.5, 0.6) is 0 Å². The van der Waals surface area contributed by atoms with Gasteiger partial charge >= 0.3 is 4.87 Å². The van der Waals surface area contributed by atoms with Gasteiger partial charge in [-0.05, 0) is 6.54 Å². The maximum atomic E-state index is 11.0. The lowest BCUT2D eigenvalue weighted by atomic mass is 10.0. The molecule has 0 aromatic carbocycles. The lowest BCUT2D eigenvalue weighted by Crippen LogP contribution is -2.40. The van der Waals surface area contributed by atoms with Crippen molar-refractivity contribution in [1.82, 2.24) is 15.6 Å². The standard InChI is InChI=1S/C11H19N3O2S/c1-2-13-10-6-16-5-8(10)3-12-4-9-7-17-11(15)14-9/h7-8,10,12-13H,2-6H2,1H3,(H,14,15). The molecule has 1 aromatic rings. The molecule has 17 heavy (non-hydrogen) atoms. The molecule has 3 N–H and O–H groups in total. The van der Waals surface area contributed by atoms with E-state index in [0.717, 1.165) is 32.0 Å². The van der Waals surface area contributed by atoms with E-state index in [1.807, 2.05) is 5.38 Å². The van der Waals surface area contributed by atoms with Gasteiger partial charge in [-0.25, -0.2) is 0 Å². The molecule has 2 rings (SSSR count). The number of hydrogen-bond donors (Lipinski definition) is 3. The van der Waals surface area contributed by atoms with Crippen LogP contribution in [-0.4, -0.2) is 37.3 Å².